The number of alkyl halides is 2. The lowest BCUT2D eigenvalue weighted by Crippen LogP contribution is -2.01. The Balaban J connectivity index is 3.06. The van der Waals surface area contributed by atoms with Gasteiger partial charge in [-0.05, 0) is 30.5 Å². The second-order valence-corrected chi connectivity index (χ2v) is 4.77. The number of halogens is 2. The van der Waals surface area contributed by atoms with Crippen LogP contribution in [-0.2, 0) is 10.1 Å². The highest BCUT2D eigenvalue weighted by molar-refractivity contribution is 9.09. The van der Waals surface area contributed by atoms with Crippen LogP contribution >= 0.6 is 31.9 Å². The molecule has 0 saturated heterocycles. The molecule has 1 aromatic carbocycles. The molecule has 0 saturated carbocycles. The molecule has 0 amide bonds. The zero-order valence-electron chi connectivity index (χ0n) is 8.18. The van der Waals surface area contributed by atoms with Crippen LogP contribution in [0.15, 0.2) is 18.2 Å². The molecule has 1 atom stereocenters. The van der Waals surface area contributed by atoms with Gasteiger partial charge < -0.3 is 0 Å². The van der Waals surface area contributed by atoms with Gasteiger partial charge in [0.15, 0.2) is 0 Å². The first-order chi connectivity index (χ1) is 6.56. The first kappa shape index (κ1) is 11.9. The second-order valence-electron chi connectivity index (χ2n) is 3.29. The van der Waals surface area contributed by atoms with Crippen molar-refractivity contribution < 1.29 is 4.79 Å². The minimum Gasteiger partial charge on any atom is -0.298 e. The van der Waals surface area contributed by atoms with E-state index in [1.165, 1.54) is 11.1 Å². The van der Waals surface area contributed by atoms with E-state index in [4.69, 9.17) is 0 Å². The Kier molecular flexibility index (Phi) is 4.32. The average molecular weight is 320 g/mol. The molecule has 0 aliphatic rings. The Labute approximate surface area is 101 Å². The maximum absolute atomic E-state index is 11.2. The molecule has 14 heavy (non-hydrogen) atoms. The molecule has 0 heterocycles. The van der Waals surface area contributed by atoms with Crippen molar-refractivity contribution in [2.24, 2.45) is 0 Å². The summed E-state index contributed by atoms with van der Waals surface area (Å²) in [4.78, 5) is 11.0. The van der Waals surface area contributed by atoms with Crippen LogP contribution in [-0.4, -0.2) is 5.78 Å². The summed E-state index contributed by atoms with van der Waals surface area (Å²) in [6.07, 6.45) is 0. The molecule has 1 rings (SSSR count). The number of ketones is 1. The van der Waals surface area contributed by atoms with Crippen LogP contribution in [0.5, 0.6) is 0 Å². The van der Waals surface area contributed by atoms with Crippen molar-refractivity contribution in [2.45, 2.75) is 24.0 Å². The van der Waals surface area contributed by atoms with Crippen LogP contribution in [0.1, 0.15) is 28.4 Å². The van der Waals surface area contributed by atoms with E-state index < -0.39 is 0 Å². The Bertz CT molecular complexity index is 347. The molecule has 0 aliphatic carbocycles. The van der Waals surface area contributed by atoms with Crippen LogP contribution in [0.3, 0.4) is 0 Å². The van der Waals surface area contributed by atoms with Crippen molar-refractivity contribution in [3.05, 3.63) is 34.9 Å². The molecule has 76 valence electrons. The number of hydrogen-bond donors (Lipinski definition) is 0. The Morgan fingerprint density at radius 2 is 2.14 bits per heavy atom. The zero-order chi connectivity index (χ0) is 10.7. The number of carbonyl (C=O) groups is 1. The largest absolute Gasteiger partial charge is 0.298 e. The minimum absolute atomic E-state index is 0.134. The SMILES string of the molecule is CC(=O)C(Br)c1ccc(C)c(CBr)c1. The van der Waals surface area contributed by atoms with Gasteiger partial charge in [-0.15, -0.1) is 0 Å². The molecule has 0 bridgehead atoms. The highest BCUT2D eigenvalue weighted by Gasteiger charge is 2.13. The third-order valence-corrected chi connectivity index (χ3v) is 3.94. The van der Waals surface area contributed by atoms with Gasteiger partial charge in [0.05, 0.1) is 4.83 Å². The normalized spacial score (nSPS) is 12.6. The van der Waals surface area contributed by atoms with E-state index in [0.717, 1.165) is 10.9 Å². The lowest BCUT2D eigenvalue weighted by molar-refractivity contribution is -0.116. The van der Waals surface area contributed by atoms with Crippen LogP contribution in [0.4, 0.5) is 0 Å². The van der Waals surface area contributed by atoms with Gasteiger partial charge in [0.1, 0.15) is 5.78 Å². The number of rotatable bonds is 3. The fourth-order valence-corrected chi connectivity index (χ4v) is 2.12. The van der Waals surface area contributed by atoms with Crippen LogP contribution in [0.2, 0.25) is 0 Å². The highest BCUT2D eigenvalue weighted by atomic mass is 79.9. The molecule has 1 aromatic rings. The van der Waals surface area contributed by atoms with E-state index in [1.807, 2.05) is 12.1 Å². The molecule has 0 fully saturated rings. The molecule has 0 aliphatic heterocycles. The number of Topliss-reactive ketones (excluding diaryl/α,β-unsaturated/α-hetero) is 1. The predicted molar refractivity (Wildman–Crippen MR) is 66.2 cm³/mol. The van der Waals surface area contributed by atoms with Gasteiger partial charge in [-0.25, -0.2) is 0 Å². The first-order valence-electron chi connectivity index (χ1n) is 4.36. The van der Waals surface area contributed by atoms with Crippen molar-refractivity contribution in [3.8, 4) is 0 Å². The monoisotopic (exact) mass is 318 g/mol. The third-order valence-electron chi connectivity index (χ3n) is 2.17. The van der Waals surface area contributed by atoms with Crippen LogP contribution in [0, 0.1) is 6.92 Å². The van der Waals surface area contributed by atoms with Crippen LogP contribution in [0.25, 0.3) is 0 Å². The van der Waals surface area contributed by atoms with E-state index in [-0.39, 0.29) is 10.6 Å². The molecule has 0 radical (unpaired) electrons. The summed E-state index contributed by atoms with van der Waals surface area (Å²) in [5.41, 5.74) is 3.50. The summed E-state index contributed by atoms with van der Waals surface area (Å²) in [5.74, 6) is 0.134. The van der Waals surface area contributed by atoms with Crippen molar-refractivity contribution in [2.75, 3.05) is 0 Å². The molecule has 3 heteroatoms. The molecule has 0 N–H and O–H groups in total. The van der Waals surface area contributed by atoms with E-state index in [2.05, 4.69) is 44.8 Å². The smallest absolute Gasteiger partial charge is 0.147 e. The summed E-state index contributed by atoms with van der Waals surface area (Å²) in [6, 6.07) is 6.09. The van der Waals surface area contributed by atoms with Gasteiger partial charge in [0.2, 0.25) is 0 Å². The number of hydrogen-bond acceptors (Lipinski definition) is 1. The Morgan fingerprint density at radius 1 is 1.50 bits per heavy atom. The quantitative estimate of drug-likeness (QED) is 0.772. The molecule has 1 nitrogen and oxygen atoms in total. The molecule has 0 spiro atoms. The van der Waals surface area contributed by atoms with Gasteiger partial charge in [0, 0.05) is 5.33 Å². The van der Waals surface area contributed by atoms with Gasteiger partial charge in [-0.3, -0.25) is 4.79 Å². The summed E-state index contributed by atoms with van der Waals surface area (Å²) >= 11 is 6.80. The molecular formula is C11H12Br2O. The Hall–Kier alpha value is -0.150. The van der Waals surface area contributed by atoms with Gasteiger partial charge in [0.25, 0.3) is 0 Å². The molecule has 0 aromatic heterocycles. The standard InChI is InChI=1S/C11H12Br2O/c1-7-3-4-9(5-10(7)6-12)11(13)8(2)14/h3-5,11H,6H2,1-2H3. The third kappa shape index (κ3) is 2.67. The fourth-order valence-electron chi connectivity index (χ4n) is 1.23. The summed E-state index contributed by atoms with van der Waals surface area (Å²) < 4.78 is 0. The lowest BCUT2D eigenvalue weighted by Gasteiger charge is -2.09. The topological polar surface area (TPSA) is 17.1 Å². The minimum atomic E-state index is -0.180. The van der Waals surface area contributed by atoms with E-state index >= 15 is 0 Å². The summed E-state index contributed by atoms with van der Waals surface area (Å²) in [5, 5.41) is 0.824. The molecule has 1 unspecified atom stereocenters. The highest BCUT2D eigenvalue weighted by Crippen LogP contribution is 2.26. The van der Waals surface area contributed by atoms with E-state index in [1.54, 1.807) is 6.92 Å². The second kappa shape index (κ2) is 5.08. The predicted octanol–water partition coefficient (Wildman–Crippen LogP) is 3.91. The first-order valence-corrected chi connectivity index (χ1v) is 6.40. The van der Waals surface area contributed by atoms with E-state index in [0.29, 0.717) is 0 Å². The van der Waals surface area contributed by atoms with Crippen molar-refractivity contribution in [3.63, 3.8) is 0 Å². The Morgan fingerprint density at radius 3 is 2.64 bits per heavy atom. The summed E-state index contributed by atoms with van der Waals surface area (Å²) in [6.45, 7) is 3.66. The maximum atomic E-state index is 11.2. The zero-order valence-corrected chi connectivity index (χ0v) is 11.4. The van der Waals surface area contributed by atoms with Crippen molar-refractivity contribution in [1.29, 1.82) is 0 Å². The number of benzene rings is 1. The number of carbonyl (C=O) groups excluding carboxylic acids is 1. The van der Waals surface area contributed by atoms with E-state index in [9.17, 15) is 4.79 Å². The van der Waals surface area contributed by atoms with Crippen molar-refractivity contribution in [1.82, 2.24) is 0 Å². The summed E-state index contributed by atoms with van der Waals surface area (Å²) in [7, 11) is 0. The lowest BCUT2D eigenvalue weighted by atomic mass is 10.0. The van der Waals surface area contributed by atoms with Gasteiger partial charge in [-0.2, -0.15) is 0 Å². The average Bonchev–Trinajstić information content (AvgIpc) is 2.17. The van der Waals surface area contributed by atoms with Gasteiger partial charge in [-0.1, -0.05) is 50.1 Å². The number of aryl methyl sites for hydroxylation is 1. The molecular weight excluding hydrogens is 308 g/mol. The fraction of sp³-hybridized carbons (Fsp3) is 0.364. The van der Waals surface area contributed by atoms with Crippen LogP contribution < -0.4 is 0 Å². The maximum Gasteiger partial charge on any atom is 0.147 e. The van der Waals surface area contributed by atoms with Crippen molar-refractivity contribution >= 4 is 37.6 Å². The van der Waals surface area contributed by atoms with Gasteiger partial charge >= 0.3 is 0 Å².